The van der Waals surface area contributed by atoms with Crippen LogP contribution < -0.4 is 0 Å². The van der Waals surface area contributed by atoms with E-state index in [2.05, 4.69) is 13.8 Å². The Morgan fingerprint density at radius 1 is 0.512 bits per heavy atom. The summed E-state index contributed by atoms with van der Waals surface area (Å²) in [5.41, 5.74) is 0. The van der Waals surface area contributed by atoms with Gasteiger partial charge in [-0.3, -0.25) is 4.55 Å². The Morgan fingerprint density at radius 3 is 1.07 bits per heavy atom. The molecule has 0 bridgehead atoms. The zero-order valence-electron chi connectivity index (χ0n) is 27.7. The lowest BCUT2D eigenvalue weighted by atomic mass is 10.0. The van der Waals surface area contributed by atoms with Crippen molar-refractivity contribution >= 4 is 10.1 Å². The van der Waals surface area contributed by atoms with Crippen molar-refractivity contribution in [1.82, 2.24) is 0 Å². The Labute approximate surface area is 256 Å². The van der Waals surface area contributed by atoms with Crippen LogP contribution in [-0.4, -0.2) is 56.9 Å². The van der Waals surface area contributed by atoms with Crippen molar-refractivity contribution in [2.75, 3.05) is 32.7 Å². The van der Waals surface area contributed by atoms with Crippen molar-refractivity contribution in [1.29, 1.82) is 0 Å². The van der Waals surface area contributed by atoms with Crippen LogP contribution in [0.5, 0.6) is 0 Å². The molecule has 0 saturated heterocycles. The van der Waals surface area contributed by atoms with Crippen molar-refractivity contribution in [2.45, 2.75) is 187 Å². The first kappa shape index (κ1) is 42.9. The van der Waals surface area contributed by atoms with E-state index in [4.69, 9.17) is 14.0 Å². The van der Waals surface area contributed by atoms with Crippen LogP contribution >= 0.6 is 0 Å². The Kier molecular flexibility index (Phi) is 37.7. The van der Waals surface area contributed by atoms with Gasteiger partial charge in [0.2, 0.25) is 0 Å². The fourth-order valence-electron chi connectivity index (χ4n) is 4.96. The largest absolute Gasteiger partial charge is 0.394 e. The summed E-state index contributed by atoms with van der Waals surface area (Å²) in [5.74, 6) is 0. The van der Waals surface area contributed by atoms with Crippen molar-refractivity contribution in [3.63, 3.8) is 0 Å². The van der Waals surface area contributed by atoms with Crippen LogP contribution in [0.3, 0.4) is 0 Å². The summed E-state index contributed by atoms with van der Waals surface area (Å²) in [5, 5.41) is 9.53. The number of aliphatic hydroxyl groups excluding tert-OH is 1. The van der Waals surface area contributed by atoms with Crippen LogP contribution in [0.4, 0.5) is 0 Å². The van der Waals surface area contributed by atoms with E-state index in [0.29, 0.717) is 12.9 Å². The zero-order valence-corrected chi connectivity index (χ0v) is 28.5. The van der Waals surface area contributed by atoms with E-state index in [1.54, 1.807) is 0 Å². The normalized spacial score (nSPS) is 12.3. The third-order valence-electron chi connectivity index (χ3n) is 7.50. The number of rotatable bonds is 32. The second-order valence-corrected chi connectivity index (χ2v) is 13.4. The maximum atomic E-state index is 9.53. The minimum Gasteiger partial charge on any atom is -0.394 e. The average molecular weight is 609 g/mol. The zero-order chi connectivity index (χ0) is 30.7. The number of hydrogen-bond donors (Lipinski definition) is 2. The van der Waals surface area contributed by atoms with Crippen molar-refractivity contribution < 1.29 is 27.6 Å². The summed E-state index contributed by atoms with van der Waals surface area (Å²) in [4.78, 5) is 0. The topological polar surface area (TPSA) is 93.1 Å². The number of hydrogen-bond acceptors (Lipinski definition) is 5. The molecule has 0 radical (unpaired) electrons. The van der Waals surface area contributed by atoms with Crippen LogP contribution in [0.15, 0.2) is 0 Å². The van der Waals surface area contributed by atoms with E-state index >= 15 is 0 Å². The Morgan fingerprint density at radius 2 is 0.780 bits per heavy atom. The summed E-state index contributed by atoms with van der Waals surface area (Å²) in [6.07, 6.45) is 36.2. The lowest BCUT2D eigenvalue weighted by Crippen LogP contribution is -2.24. The van der Waals surface area contributed by atoms with Gasteiger partial charge in [0.25, 0.3) is 10.1 Å². The maximum absolute atomic E-state index is 9.53. The third kappa shape index (κ3) is 46.9. The molecule has 0 aliphatic heterocycles. The van der Waals surface area contributed by atoms with Gasteiger partial charge < -0.3 is 14.6 Å². The highest BCUT2D eigenvalue weighted by atomic mass is 32.2. The molecule has 7 heteroatoms. The quantitative estimate of drug-likeness (QED) is 0.0583. The van der Waals surface area contributed by atoms with E-state index < -0.39 is 10.1 Å². The van der Waals surface area contributed by atoms with Crippen molar-refractivity contribution in [3.05, 3.63) is 0 Å². The van der Waals surface area contributed by atoms with Crippen LogP contribution in [0, 0.1) is 0 Å². The summed E-state index contributed by atoms with van der Waals surface area (Å²) in [6, 6.07) is 0. The number of unbranched alkanes of at least 4 members (excludes halogenated alkanes) is 24. The summed E-state index contributed by atoms with van der Waals surface area (Å²) < 4.78 is 37.5. The summed E-state index contributed by atoms with van der Waals surface area (Å²) in [7, 11) is -3.67. The average Bonchev–Trinajstić information content (AvgIpc) is 2.93. The van der Waals surface area contributed by atoms with Gasteiger partial charge in [-0.15, -0.1) is 0 Å². The maximum Gasteiger partial charge on any atom is 0.261 e. The van der Waals surface area contributed by atoms with Gasteiger partial charge in [-0.05, 0) is 12.8 Å². The van der Waals surface area contributed by atoms with Gasteiger partial charge in [-0.25, -0.2) is 0 Å². The predicted octanol–water partition coefficient (Wildman–Crippen LogP) is 10.1. The molecule has 250 valence electrons. The molecule has 0 aromatic heterocycles. The Hall–Kier alpha value is -0.210. The fourth-order valence-corrected chi connectivity index (χ4v) is 4.96. The van der Waals surface area contributed by atoms with Gasteiger partial charge in [0.05, 0.1) is 19.5 Å². The summed E-state index contributed by atoms with van der Waals surface area (Å²) >= 11 is 0. The molecular weight excluding hydrogens is 536 g/mol. The first-order valence-electron chi connectivity index (χ1n) is 17.6. The molecule has 1 atom stereocenters. The molecule has 0 saturated carbocycles. The lowest BCUT2D eigenvalue weighted by molar-refractivity contribution is -0.0437. The molecule has 0 aromatic rings. The molecule has 0 fully saturated rings. The standard InChI is InChI=1S/C33H68O3.CH4O3S/c1-3-5-7-9-11-13-15-16-17-18-19-20-21-23-25-27-29-35-32-33(31-34)36-30-28-26-24-22-14-12-10-8-6-4-2;1-5(2,3)4/h33-34H,3-32H2,1-2H3;1H3,(H,2,3,4)/t33-;/m1./s1. The number of ether oxygens (including phenoxy) is 2. The molecule has 0 heterocycles. The highest BCUT2D eigenvalue weighted by molar-refractivity contribution is 7.85. The van der Waals surface area contributed by atoms with Gasteiger partial charge in [-0.2, -0.15) is 8.42 Å². The molecule has 6 nitrogen and oxygen atoms in total. The highest BCUT2D eigenvalue weighted by Gasteiger charge is 2.07. The number of aliphatic hydroxyl groups is 1. The molecule has 0 aliphatic rings. The fraction of sp³-hybridized carbons (Fsp3) is 1.00. The van der Waals surface area contributed by atoms with Gasteiger partial charge in [0.1, 0.15) is 6.10 Å². The molecule has 0 aromatic carbocycles. The minimum absolute atomic E-state index is 0.0662. The second kappa shape index (κ2) is 36.0. The molecular formula is C34H72O6S. The first-order valence-corrected chi connectivity index (χ1v) is 19.4. The lowest BCUT2D eigenvalue weighted by Gasteiger charge is -2.15. The molecule has 0 amide bonds. The highest BCUT2D eigenvalue weighted by Crippen LogP contribution is 2.14. The third-order valence-corrected chi connectivity index (χ3v) is 7.50. The van der Waals surface area contributed by atoms with E-state index in [0.717, 1.165) is 26.1 Å². The summed E-state index contributed by atoms with van der Waals surface area (Å²) in [6.45, 7) is 6.72. The van der Waals surface area contributed by atoms with Gasteiger partial charge in [-0.1, -0.05) is 168 Å². The van der Waals surface area contributed by atoms with E-state index in [-0.39, 0.29) is 12.7 Å². The molecule has 0 rings (SSSR count). The van der Waals surface area contributed by atoms with Crippen LogP contribution in [0.2, 0.25) is 0 Å². The molecule has 0 spiro atoms. The first-order chi connectivity index (χ1) is 19.8. The molecule has 0 aliphatic carbocycles. The van der Waals surface area contributed by atoms with Crippen LogP contribution in [0.25, 0.3) is 0 Å². The molecule has 41 heavy (non-hydrogen) atoms. The van der Waals surface area contributed by atoms with Gasteiger partial charge >= 0.3 is 0 Å². The SMILES string of the molecule is CCCCCCCCCCCCCCCCCCOC[C@@H](CO)OCCCCCCCCCCCC.CS(=O)(=O)O. The van der Waals surface area contributed by atoms with E-state index in [1.165, 1.54) is 154 Å². The minimum atomic E-state index is -3.67. The second-order valence-electron chi connectivity index (χ2n) is 12.0. The van der Waals surface area contributed by atoms with Crippen molar-refractivity contribution in [3.8, 4) is 0 Å². The Balaban J connectivity index is 0. The Bertz CT molecular complexity index is 562. The van der Waals surface area contributed by atoms with Crippen molar-refractivity contribution in [2.24, 2.45) is 0 Å². The smallest absolute Gasteiger partial charge is 0.261 e. The van der Waals surface area contributed by atoms with Crippen LogP contribution in [0.1, 0.15) is 181 Å². The van der Waals surface area contributed by atoms with E-state index in [9.17, 15) is 13.5 Å². The van der Waals surface area contributed by atoms with Gasteiger partial charge in [0.15, 0.2) is 0 Å². The predicted molar refractivity (Wildman–Crippen MR) is 177 cm³/mol. The molecule has 0 unspecified atom stereocenters. The monoisotopic (exact) mass is 609 g/mol. The molecule has 2 N–H and O–H groups in total. The van der Waals surface area contributed by atoms with Gasteiger partial charge in [0, 0.05) is 13.2 Å². The van der Waals surface area contributed by atoms with Crippen LogP contribution in [-0.2, 0) is 19.6 Å². The van der Waals surface area contributed by atoms with E-state index in [1.807, 2.05) is 0 Å².